The highest BCUT2D eigenvalue weighted by Crippen LogP contribution is 2.14. The highest BCUT2D eigenvalue weighted by atomic mass is 32.2. The van der Waals surface area contributed by atoms with Crippen molar-refractivity contribution in [3.8, 4) is 0 Å². The molecule has 0 fully saturated rings. The van der Waals surface area contributed by atoms with Gasteiger partial charge in [0.05, 0.1) is 5.04 Å². The van der Waals surface area contributed by atoms with Gasteiger partial charge in [0.25, 0.3) is 0 Å². The first-order chi connectivity index (χ1) is 5.95. The van der Waals surface area contributed by atoms with Crippen LogP contribution in [0.25, 0.3) is 0 Å². The number of nitrogens with zero attached hydrogens (tertiary/aromatic N) is 2. The van der Waals surface area contributed by atoms with Crippen molar-refractivity contribution in [3.63, 3.8) is 0 Å². The van der Waals surface area contributed by atoms with E-state index < -0.39 is 0 Å². The summed E-state index contributed by atoms with van der Waals surface area (Å²) in [5.74, 6) is 1.14. The Morgan fingerprint density at radius 2 is 2.42 bits per heavy atom. The van der Waals surface area contributed by atoms with Crippen LogP contribution in [0, 0.1) is 0 Å². The molecule has 1 aromatic rings. The number of hydrogen-bond acceptors (Lipinski definition) is 3. The van der Waals surface area contributed by atoms with Crippen LogP contribution in [-0.2, 0) is 6.42 Å². The van der Waals surface area contributed by atoms with Crippen LogP contribution < -0.4 is 0 Å². The second-order valence-electron chi connectivity index (χ2n) is 2.62. The van der Waals surface area contributed by atoms with Crippen molar-refractivity contribution < 1.29 is 0 Å². The van der Waals surface area contributed by atoms with Crippen LogP contribution in [0.15, 0.2) is 29.4 Å². The largest absolute Gasteiger partial charge is 0.282 e. The second-order valence-corrected chi connectivity index (χ2v) is 3.79. The first-order valence-electron chi connectivity index (χ1n) is 4.01. The molecule has 0 unspecified atom stereocenters. The minimum atomic E-state index is 0.908. The minimum absolute atomic E-state index is 0.908. The van der Waals surface area contributed by atoms with Crippen LogP contribution in [0.2, 0.25) is 0 Å². The van der Waals surface area contributed by atoms with Gasteiger partial charge in [0.15, 0.2) is 0 Å². The molecule has 2 rings (SSSR count). The summed E-state index contributed by atoms with van der Waals surface area (Å²) in [6.07, 6.45) is 2.74. The fourth-order valence-electron chi connectivity index (χ4n) is 1.14. The smallest absolute Gasteiger partial charge is 0.0736 e. The minimum Gasteiger partial charge on any atom is -0.282 e. The van der Waals surface area contributed by atoms with Gasteiger partial charge in [-0.25, -0.2) is 0 Å². The van der Waals surface area contributed by atoms with E-state index in [9.17, 15) is 0 Å². The quantitative estimate of drug-likeness (QED) is 0.689. The van der Waals surface area contributed by atoms with Gasteiger partial charge < -0.3 is 0 Å². The van der Waals surface area contributed by atoms with Crippen molar-refractivity contribution in [2.75, 3.05) is 12.3 Å². The third kappa shape index (κ3) is 1.85. The van der Waals surface area contributed by atoms with E-state index in [-0.39, 0.29) is 0 Å². The van der Waals surface area contributed by atoms with E-state index in [1.54, 1.807) is 0 Å². The Morgan fingerprint density at radius 3 is 3.08 bits per heavy atom. The third-order valence-electron chi connectivity index (χ3n) is 1.71. The Morgan fingerprint density at radius 1 is 1.42 bits per heavy atom. The average Bonchev–Trinajstić information content (AvgIpc) is 2.59. The highest BCUT2D eigenvalue weighted by molar-refractivity contribution is 8.14. The van der Waals surface area contributed by atoms with Crippen LogP contribution in [0.4, 0.5) is 0 Å². The molecule has 1 aliphatic rings. The lowest BCUT2D eigenvalue weighted by atomic mass is 10.3. The molecule has 3 heteroatoms. The maximum Gasteiger partial charge on any atom is 0.0736 e. The monoisotopic (exact) mass is 178 g/mol. The summed E-state index contributed by atoms with van der Waals surface area (Å²) in [6, 6.07) is 6.00. The predicted octanol–water partition coefficient (Wildman–Crippen LogP) is 1.77. The van der Waals surface area contributed by atoms with E-state index >= 15 is 0 Å². The van der Waals surface area contributed by atoms with Crippen LogP contribution in [0.5, 0.6) is 0 Å². The molecule has 2 nitrogen and oxygen atoms in total. The van der Waals surface area contributed by atoms with Gasteiger partial charge in [-0.05, 0) is 12.1 Å². The summed E-state index contributed by atoms with van der Waals surface area (Å²) in [5, 5.41) is 1.23. The molecule has 12 heavy (non-hydrogen) atoms. The van der Waals surface area contributed by atoms with Crippen LogP contribution in [0.3, 0.4) is 0 Å². The molecule has 0 aliphatic carbocycles. The summed E-state index contributed by atoms with van der Waals surface area (Å²) < 4.78 is 0. The van der Waals surface area contributed by atoms with Gasteiger partial charge >= 0.3 is 0 Å². The summed E-state index contributed by atoms with van der Waals surface area (Å²) in [5.41, 5.74) is 1.12. The fraction of sp³-hybridized carbons (Fsp3) is 0.333. The second kappa shape index (κ2) is 3.72. The Kier molecular flexibility index (Phi) is 2.42. The first kappa shape index (κ1) is 7.80. The van der Waals surface area contributed by atoms with Crippen LogP contribution in [0.1, 0.15) is 5.69 Å². The topological polar surface area (TPSA) is 25.2 Å². The molecule has 1 aromatic heterocycles. The van der Waals surface area contributed by atoms with Gasteiger partial charge in [0.2, 0.25) is 0 Å². The summed E-state index contributed by atoms with van der Waals surface area (Å²) in [4.78, 5) is 8.62. The first-order valence-corrected chi connectivity index (χ1v) is 5.00. The Labute approximate surface area is 76.1 Å². The lowest BCUT2D eigenvalue weighted by Gasteiger charge is -1.97. The zero-order valence-electron chi connectivity index (χ0n) is 6.73. The van der Waals surface area contributed by atoms with Crippen molar-refractivity contribution in [3.05, 3.63) is 30.1 Å². The maximum atomic E-state index is 4.37. The molecule has 62 valence electrons. The molecule has 0 saturated heterocycles. The molecule has 0 N–H and O–H groups in total. The molecule has 0 bridgehead atoms. The predicted molar refractivity (Wildman–Crippen MR) is 52.7 cm³/mol. The maximum absolute atomic E-state index is 4.37. The van der Waals surface area contributed by atoms with Gasteiger partial charge in [0, 0.05) is 30.6 Å². The Bertz CT molecular complexity index is 282. The zero-order chi connectivity index (χ0) is 8.23. The highest BCUT2D eigenvalue weighted by Gasteiger charge is 2.07. The lowest BCUT2D eigenvalue weighted by molar-refractivity contribution is 1.12. The van der Waals surface area contributed by atoms with Gasteiger partial charge in [-0.3, -0.25) is 9.98 Å². The number of rotatable bonds is 2. The van der Waals surface area contributed by atoms with Crippen LogP contribution in [-0.4, -0.2) is 22.3 Å². The third-order valence-corrected chi connectivity index (χ3v) is 2.70. The SMILES string of the molecule is c1ccc(CC2=NCCS2)nc1. The molecule has 0 amide bonds. The fourth-order valence-corrected chi connectivity index (χ4v) is 1.99. The van der Waals surface area contributed by atoms with Crippen LogP contribution >= 0.6 is 11.8 Å². The van der Waals surface area contributed by atoms with Crippen molar-refractivity contribution in [2.45, 2.75) is 6.42 Å². The molecule has 0 atom stereocenters. The number of thioether (sulfide) groups is 1. The van der Waals surface area contributed by atoms with E-state index in [0.29, 0.717) is 0 Å². The standard InChI is InChI=1S/C9H10N2S/c1-2-4-10-8(3-1)7-9-11-5-6-12-9/h1-4H,5-7H2. The Balaban J connectivity index is 2.04. The normalized spacial score (nSPS) is 16.2. The average molecular weight is 178 g/mol. The van der Waals surface area contributed by atoms with Crippen molar-refractivity contribution in [2.24, 2.45) is 4.99 Å². The zero-order valence-corrected chi connectivity index (χ0v) is 7.55. The van der Waals surface area contributed by atoms with Gasteiger partial charge in [-0.2, -0.15) is 0 Å². The van der Waals surface area contributed by atoms with Gasteiger partial charge in [-0.15, -0.1) is 11.8 Å². The van der Waals surface area contributed by atoms with Crippen molar-refractivity contribution >= 4 is 16.8 Å². The molecule has 0 radical (unpaired) electrons. The lowest BCUT2D eigenvalue weighted by Crippen LogP contribution is -1.96. The molecule has 0 aromatic carbocycles. The van der Waals surface area contributed by atoms with Gasteiger partial charge in [0.1, 0.15) is 0 Å². The van der Waals surface area contributed by atoms with E-state index in [2.05, 4.69) is 9.98 Å². The van der Waals surface area contributed by atoms with E-state index in [1.807, 2.05) is 36.2 Å². The van der Waals surface area contributed by atoms with E-state index in [4.69, 9.17) is 0 Å². The number of aromatic nitrogens is 1. The van der Waals surface area contributed by atoms with E-state index in [1.165, 1.54) is 5.04 Å². The molecule has 0 spiro atoms. The molecule has 2 heterocycles. The summed E-state index contributed by atoms with van der Waals surface area (Å²) >= 11 is 1.85. The van der Waals surface area contributed by atoms with E-state index in [0.717, 1.165) is 24.4 Å². The Hall–Kier alpha value is -0.830. The summed E-state index contributed by atoms with van der Waals surface area (Å²) in [6.45, 7) is 0.979. The molecular weight excluding hydrogens is 168 g/mol. The number of aliphatic imine (C=N–C) groups is 1. The summed E-state index contributed by atoms with van der Waals surface area (Å²) in [7, 11) is 0. The van der Waals surface area contributed by atoms with Crippen molar-refractivity contribution in [1.82, 2.24) is 4.98 Å². The van der Waals surface area contributed by atoms with Crippen molar-refractivity contribution in [1.29, 1.82) is 0 Å². The molecular formula is C9H10N2S. The molecule has 0 saturated carbocycles. The van der Waals surface area contributed by atoms with Gasteiger partial charge in [-0.1, -0.05) is 6.07 Å². The molecule has 1 aliphatic heterocycles. The number of hydrogen-bond donors (Lipinski definition) is 0. The number of pyridine rings is 1.